The van der Waals surface area contributed by atoms with Crippen molar-refractivity contribution in [2.45, 2.75) is 64.8 Å². The smallest absolute Gasteiger partial charge is 0.105 e. The van der Waals surface area contributed by atoms with Crippen LogP contribution < -0.4 is 0 Å². The standard InChI is InChI=1S/C29H32N4/c1-20-8-10-22(11-9-20)23-15-25(33(19-23)18-21-7-6-14-30-16-21)24-17-31-26-27(32-24)29(4,5)13-12-28(26,2)3/h6-11,14-17,19H,12-13,18H2,1-5H3. The zero-order valence-corrected chi connectivity index (χ0v) is 20.3. The predicted molar refractivity (Wildman–Crippen MR) is 134 cm³/mol. The molecule has 4 aromatic rings. The van der Waals surface area contributed by atoms with Crippen LogP contribution in [0.4, 0.5) is 0 Å². The van der Waals surface area contributed by atoms with E-state index >= 15 is 0 Å². The summed E-state index contributed by atoms with van der Waals surface area (Å²) in [5, 5.41) is 0. The summed E-state index contributed by atoms with van der Waals surface area (Å²) in [4.78, 5) is 14.6. The van der Waals surface area contributed by atoms with Gasteiger partial charge >= 0.3 is 0 Å². The van der Waals surface area contributed by atoms with E-state index in [1.165, 1.54) is 16.7 Å². The molecule has 0 saturated carbocycles. The second-order valence-electron chi connectivity index (χ2n) is 10.7. The average Bonchev–Trinajstić information content (AvgIpc) is 3.21. The molecule has 3 aromatic heterocycles. The predicted octanol–water partition coefficient (Wildman–Crippen LogP) is 6.71. The molecule has 5 rings (SSSR count). The Morgan fingerprint density at radius 2 is 1.61 bits per heavy atom. The fourth-order valence-corrected chi connectivity index (χ4v) is 4.79. The van der Waals surface area contributed by atoms with Gasteiger partial charge in [-0.05, 0) is 43.0 Å². The van der Waals surface area contributed by atoms with Crippen LogP contribution in [0.15, 0.2) is 67.3 Å². The van der Waals surface area contributed by atoms with E-state index < -0.39 is 0 Å². The highest BCUT2D eigenvalue weighted by Crippen LogP contribution is 2.44. The molecule has 0 unspecified atom stereocenters. The summed E-state index contributed by atoms with van der Waals surface area (Å²) in [5.41, 5.74) is 9.21. The highest BCUT2D eigenvalue weighted by Gasteiger charge is 2.39. The number of aryl methyl sites for hydroxylation is 1. The molecule has 0 amide bonds. The Hall–Kier alpha value is -3.27. The molecule has 0 N–H and O–H groups in total. The number of hydrogen-bond donors (Lipinski definition) is 0. The molecule has 4 heteroatoms. The Morgan fingerprint density at radius 1 is 0.879 bits per heavy atom. The number of fused-ring (bicyclic) bond motifs is 1. The van der Waals surface area contributed by atoms with Gasteiger partial charge in [-0.2, -0.15) is 0 Å². The van der Waals surface area contributed by atoms with Gasteiger partial charge in [-0.1, -0.05) is 63.6 Å². The lowest BCUT2D eigenvalue weighted by molar-refractivity contribution is 0.314. The van der Waals surface area contributed by atoms with E-state index in [9.17, 15) is 0 Å². The maximum Gasteiger partial charge on any atom is 0.105 e. The largest absolute Gasteiger partial charge is 0.341 e. The molecule has 33 heavy (non-hydrogen) atoms. The van der Waals surface area contributed by atoms with E-state index in [0.29, 0.717) is 0 Å². The fraction of sp³-hybridized carbons (Fsp3) is 0.345. The van der Waals surface area contributed by atoms with Crippen LogP contribution in [0, 0.1) is 6.92 Å². The second kappa shape index (κ2) is 7.95. The van der Waals surface area contributed by atoms with E-state index in [4.69, 9.17) is 9.97 Å². The van der Waals surface area contributed by atoms with Crippen molar-refractivity contribution in [3.05, 3.63) is 89.8 Å². The molecular formula is C29H32N4. The number of rotatable bonds is 4. The third kappa shape index (κ3) is 4.10. The van der Waals surface area contributed by atoms with Gasteiger partial charge in [-0.15, -0.1) is 0 Å². The van der Waals surface area contributed by atoms with E-state index in [1.807, 2.05) is 24.7 Å². The van der Waals surface area contributed by atoms with Gasteiger partial charge in [-0.3, -0.25) is 9.97 Å². The van der Waals surface area contributed by atoms with Crippen molar-refractivity contribution in [3.8, 4) is 22.5 Å². The monoisotopic (exact) mass is 436 g/mol. The van der Waals surface area contributed by atoms with Crippen LogP contribution in [-0.2, 0) is 17.4 Å². The lowest BCUT2D eigenvalue weighted by Crippen LogP contribution is -2.36. The van der Waals surface area contributed by atoms with Crippen LogP contribution in [-0.4, -0.2) is 19.5 Å². The van der Waals surface area contributed by atoms with Crippen molar-refractivity contribution >= 4 is 0 Å². The molecule has 0 spiro atoms. The van der Waals surface area contributed by atoms with Crippen LogP contribution in [0.5, 0.6) is 0 Å². The van der Waals surface area contributed by atoms with Crippen molar-refractivity contribution in [2.75, 3.05) is 0 Å². The summed E-state index contributed by atoms with van der Waals surface area (Å²) in [6.45, 7) is 12.0. The summed E-state index contributed by atoms with van der Waals surface area (Å²) >= 11 is 0. The summed E-state index contributed by atoms with van der Waals surface area (Å²) in [5.74, 6) is 0. The van der Waals surface area contributed by atoms with Crippen LogP contribution in [0.1, 0.15) is 63.1 Å². The molecule has 1 aliphatic rings. The Labute approximate surface area is 196 Å². The summed E-state index contributed by atoms with van der Waals surface area (Å²) in [6, 6.07) is 15.1. The number of benzene rings is 1. The third-order valence-electron chi connectivity index (χ3n) is 7.05. The van der Waals surface area contributed by atoms with Crippen molar-refractivity contribution < 1.29 is 0 Å². The third-order valence-corrected chi connectivity index (χ3v) is 7.05. The topological polar surface area (TPSA) is 43.6 Å². The Kier molecular flexibility index (Phi) is 5.19. The van der Waals surface area contributed by atoms with Gasteiger partial charge in [0.2, 0.25) is 0 Å². The number of nitrogens with zero attached hydrogens (tertiary/aromatic N) is 4. The van der Waals surface area contributed by atoms with Gasteiger partial charge in [0.25, 0.3) is 0 Å². The Bertz CT molecular complexity index is 1280. The second-order valence-corrected chi connectivity index (χ2v) is 10.7. The van der Waals surface area contributed by atoms with Gasteiger partial charge in [0.1, 0.15) is 5.69 Å². The van der Waals surface area contributed by atoms with Crippen LogP contribution >= 0.6 is 0 Å². The summed E-state index contributed by atoms with van der Waals surface area (Å²) in [6.07, 6.45) is 10.2. The van der Waals surface area contributed by atoms with Gasteiger partial charge in [0.15, 0.2) is 0 Å². The number of aromatic nitrogens is 4. The molecule has 0 bridgehead atoms. The minimum Gasteiger partial charge on any atom is -0.341 e. The van der Waals surface area contributed by atoms with E-state index in [-0.39, 0.29) is 10.8 Å². The fourth-order valence-electron chi connectivity index (χ4n) is 4.79. The van der Waals surface area contributed by atoms with Crippen LogP contribution in [0.3, 0.4) is 0 Å². The molecule has 3 heterocycles. The first-order valence-electron chi connectivity index (χ1n) is 11.8. The quantitative estimate of drug-likeness (QED) is 0.357. The first kappa shape index (κ1) is 21.6. The lowest BCUT2D eigenvalue weighted by Gasteiger charge is -2.39. The first-order chi connectivity index (χ1) is 15.7. The summed E-state index contributed by atoms with van der Waals surface area (Å²) in [7, 11) is 0. The van der Waals surface area contributed by atoms with Crippen molar-refractivity contribution in [1.82, 2.24) is 19.5 Å². The Balaban J connectivity index is 1.64. The van der Waals surface area contributed by atoms with E-state index in [1.54, 1.807) is 0 Å². The summed E-state index contributed by atoms with van der Waals surface area (Å²) < 4.78 is 2.28. The first-order valence-corrected chi connectivity index (χ1v) is 11.8. The maximum atomic E-state index is 5.26. The molecule has 0 saturated heterocycles. The average molecular weight is 437 g/mol. The SMILES string of the molecule is Cc1ccc(-c2cc(-c3cnc4c(n3)C(C)(C)CCC4(C)C)n(Cc3cccnc3)c2)cc1. The van der Waals surface area contributed by atoms with Crippen LogP contribution in [0.2, 0.25) is 0 Å². The maximum absolute atomic E-state index is 5.26. The Morgan fingerprint density at radius 3 is 2.30 bits per heavy atom. The van der Waals surface area contributed by atoms with Crippen molar-refractivity contribution in [2.24, 2.45) is 0 Å². The van der Waals surface area contributed by atoms with Gasteiger partial charge in [0.05, 0.1) is 23.3 Å². The molecule has 4 nitrogen and oxygen atoms in total. The molecule has 1 aliphatic carbocycles. The molecule has 0 radical (unpaired) electrons. The van der Waals surface area contributed by atoms with E-state index in [0.717, 1.165) is 47.7 Å². The number of pyridine rings is 1. The minimum atomic E-state index is 0.0222. The minimum absolute atomic E-state index is 0.0222. The highest BCUT2D eigenvalue weighted by atomic mass is 15.0. The van der Waals surface area contributed by atoms with Crippen molar-refractivity contribution in [3.63, 3.8) is 0 Å². The van der Waals surface area contributed by atoms with Gasteiger partial charge < -0.3 is 4.57 Å². The van der Waals surface area contributed by atoms with Gasteiger partial charge in [0, 0.05) is 41.5 Å². The van der Waals surface area contributed by atoms with Crippen molar-refractivity contribution in [1.29, 1.82) is 0 Å². The highest BCUT2D eigenvalue weighted by molar-refractivity contribution is 5.71. The van der Waals surface area contributed by atoms with Crippen LogP contribution in [0.25, 0.3) is 22.5 Å². The normalized spacial score (nSPS) is 16.4. The van der Waals surface area contributed by atoms with E-state index in [2.05, 4.69) is 86.8 Å². The lowest BCUT2D eigenvalue weighted by atomic mass is 9.67. The molecule has 0 fully saturated rings. The molecule has 168 valence electrons. The molecule has 1 aromatic carbocycles. The van der Waals surface area contributed by atoms with Gasteiger partial charge in [-0.25, -0.2) is 4.98 Å². The number of hydrogen-bond acceptors (Lipinski definition) is 3. The zero-order chi connectivity index (χ0) is 23.2. The zero-order valence-electron chi connectivity index (χ0n) is 20.3. The molecular weight excluding hydrogens is 404 g/mol. The molecule has 0 atom stereocenters. The molecule has 0 aliphatic heterocycles.